The van der Waals surface area contributed by atoms with Crippen LogP contribution in [-0.2, 0) is 32.0 Å². The van der Waals surface area contributed by atoms with Crippen LogP contribution >= 0.6 is 0 Å². The van der Waals surface area contributed by atoms with E-state index in [0.717, 1.165) is 16.7 Å². The molecule has 1 aliphatic heterocycles. The first-order chi connectivity index (χ1) is 16.1. The zero-order valence-electron chi connectivity index (χ0n) is 18.0. The van der Waals surface area contributed by atoms with Crippen molar-refractivity contribution < 1.29 is 24.0 Å². The van der Waals surface area contributed by atoms with Crippen LogP contribution in [0.2, 0.25) is 0 Å². The summed E-state index contributed by atoms with van der Waals surface area (Å²) in [4.78, 5) is 27.0. The summed E-state index contributed by atoms with van der Waals surface area (Å²) in [6, 6.07) is 28.7. The van der Waals surface area contributed by atoms with Crippen molar-refractivity contribution in [2.45, 2.75) is 25.3 Å². The smallest absolute Gasteiger partial charge is 0.479 e. The highest BCUT2D eigenvalue weighted by Gasteiger charge is 2.47. The van der Waals surface area contributed by atoms with Crippen molar-refractivity contribution in [2.24, 2.45) is 0 Å². The van der Waals surface area contributed by atoms with Gasteiger partial charge < -0.3 is 19.3 Å². The van der Waals surface area contributed by atoms with E-state index in [1.54, 1.807) is 17.0 Å². The summed E-state index contributed by atoms with van der Waals surface area (Å²) in [6.07, 6.45) is -0.861. The lowest BCUT2D eigenvalue weighted by Crippen LogP contribution is -2.45. The number of aliphatic carboxylic acids is 1. The van der Waals surface area contributed by atoms with Crippen LogP contribution in [0.5, 0.6) is 0 Å². The Morgan fingerprint density at radius 3 is 1.79 bits per heavy atom. The Morgan fingerprint density at radius 2 is 1.27 bits per heavy atom. The molecule has 3 aromatic carbocycles. The molecule has 1 saturated heterocycles. The van der Waals surface area contributed by atoms with Gasteiger partial charge in [0.15, 0.2) is 12.2 Å². The lowest BCUT2D eigenvalue weighted by molar-refractivity contribution is -0.153. The molecule has 0 aromatic heterocycles. The average molecular weight is 441 g/mol. The van der Waals surface area contributed by atoms with E-state index in [9.17, 15) is 14.7 Å². The summed E-state index contributed by atoms with van der Waals surface area (Å²) >= 11 is 0. The second-order valence-electron chi connectivity index (χ2n) is 7.76. The molecule has 7 heteroatoms. The molecule has 0 unspecified atom stereocenters. The summed E-state index contributed by atoms with van der Waals surface area (Å²) in [5.41, 5.74) is 2.79. The van der Waals surface area contributed by atoms with Crippen molar-refractivity contribution in [3.63, 3.8) is 0 Å². The molecule has 166 valence electrons. The Morgan fingerprint density at radius 1 is 0.788 bits per heavy atom. The van der Waals surface area contributed by atoms with Gasteiger partial charge in [-0.1, -0.05) is 103 Å². The van der Waals surface area contributed by atoms with Crippen LogP contribution in [0.3, 0.4) is 0 Å². The fraction of sp³-hybridized carbons (Fsp3) is 0.154. The van der Waals surface area contributed by atoms with Gasteiger partial charge in [0.25, 0.3) is 5.91 Å². The predicted octanol–water partition coefficient (Wildman–Crippen LogP) is 3.82. The largest absolute Gasteiger partial charge is 0.487 e. The van der Waals surface area contributed by atoms with Gasteiger partial charge in [0.1, 0.15) is 0 Å². The van der Waals surface area contributed by atoms with E-state index in [4.69, 9.17) is 9.31 Å². The SMILES string of the molecule is O=C(O)[C@@H]1OB(/C=C/c2ccccc2)O[C@H]1C(=O)N(Cc1ccccc1)Cc1ccccc1. The molecule has 33 heavy (non-hydrogen) atoms. The fourth-order valence-corrected chi connectivity index (χ4v) is 3.68. The van der Waals surface area contributed by atoms with Gasteiger partial charge in [-0.25, -0.2) is 4.79 Å². The minimum absolute atomic E-state index is 0.325. The highest BCUT2D eigenvalue weighted by molar-refractivity contribution is 6.53. The van der Waals surface area contributed by atoms with Crippen molar-refractivity contribution in [3.8, 4) is 0 Å². The van der Waals surface area contributed by atoms with E-state index in [1.807, 2.05) is 91.0 Å². The van der Waals surface area contributed by atoms with Crippen LogP contribution in [0.4, 0.5) is 0 Å². The van der Waals surface area contributed by atoms with Crippen LogP contribution in [0.25, 0.3) is 6.08 Å². The van der Waals surface area contributed by atoms with E-state index in [2.05, 4.69) is 0 Å². The third-order valence-electron chi connectivity index (χ3n) is 5.31. The van der Waals surface area contributed by atoms with Crippen LogP contribution < -0.4 is 0 Å². The Bertz CT molecular complexity index is 1050. The lowest BCUT2D eigenvalue weighted by atomic mass is 9.89. The number of carbonyl (C=O) groups excluding carboxylic acids is 1. The molecule has 1 aliphatic rings. The Balaban J connectivity index is 1.54. The summed E-state index contributed by atoms with van der Waals surface area (Å²) < 4.78 is 11.4. The number of hydrogen-bond acceptors (Lipinski definition) is 4. The van der Waals surface area contributed by atoms with Gasteiger partial charge in [0, 0.05) is 13.1 Å². The number of carboxylic acid groups (broad SMARTS) is 1. The van der Waals surface area contributed by atoms with E-state index in [0.29, 0.717) is 13.1 Å². The predicted molar refractivity (Wildman–Crippen MR) is 126 cm³/mol. The standard InChI is InChI=1S/C26H24BNO5/c29-25(28(18-21-12-6-2-7-13-21)19-22-14-8-3-9-15-22)23-24(26(30)31)33-27(32-23)17-16-20-10-4-1-5-11-20/h1-17,23-24H,18-19H2,(H,30,31)/b17-16+/t23-,24-/m1/s1. The normalized spacial score (nSPS) is 17.9. The molecule has 3 aromatic rings. The number of rotatable bonds is 8. The Kier molecular flexibility index (Phi) is 7.34. The van der Waals surface area contributed by atoms with E-state index < -0.39 is 31.2 Å². The third-order valence-corrected chi connectivity index (χ3v) is 5.31. The summed E-state index contributed by atoms with van der Waals surface area (Å²) in [6.45, 7) is 0.649. The van der Waals surface area contributed by atoms with Gasteiger partial charge in [0.2, 0.25) is 0 Å². The molecule has 2 atom stereocenters. The second-order valence-corrected chi connectivity index (χ2v) is 7.76. The van der Waals surface area contributed by atoms with Crippen LogP contribution in [0, 0.1) is 0 Å². The average Bonchev–Trinajstić information content (AvgIpc) is 3.29. The molecule has 1 amide bonds. The van der Waals surface area contributed by atoms with E-state index >= 15 is 0 Å². The molecule has 0 saturated carbocycles. The molecule has 1 fully saturated rings. The summed E-state index contributed by atoms with van der Waals surface area (Å²) in [5.74, 6) is -0.0360. The van der Waals surface area contributed by atoms with Crippen LogP contribution in [0.1, 0.15) is 16.7 Å². The van der Waals surface area contributed by atoms with E-state index in [-0.39, 0.29) is 0 Å². The first kappa shape index (κ1) is 22.5. The molecule has 1 N–H and O–H groups in total. The van der Waals surface area contributed by atoms with Crippen molar-refractivity contribution in [2.75, 3.05) is 0 Å². The Hall–Kier alpha value is -3.68. The van der Waals surface area contributed by atoms with Gasteiger partial charge in [0.05, 0.1) is 0 Å². The van der Waals surface area contributed by atoms with Gasteiger partial charge in [-0.2, -0.15) is 0 Å². The first-order valence-corrected chi connectivity index (χ1v) is 10.7. The Labute approximate surface area is 193 Å². The quantitative estimate of drug-likeness (QED) is 0.538. The zero-order valence-corrected chi connectivity index (χ0v) is 18.0. The highest BCUT2D eigenvalue weighted by Crippen LogP contribution is 2.23. The maximum absolute atomic E-state index is 13.5. The van der Waals surface area contributed by atoms with Gasteiger partial charge in [-0.3, -0.25) is 4.79 Å². The van der Waals surface area contributed by atoms with Crippen LogP contribution in [-0.4, -0.2) is 41.2 Å². The fourth-order valence-electron chi connectivity index (χ4n) is 3.68. The summed E-state index contributed by atoms with van der Waals surface area (Å²) in [7, 11) is -0.935. The molecular weight excluding hydrogens is 417 g/mol. The van der Waals surface area contributed by atoms with E-state index in [1.165, 1.54) is 0 Å². The van der Waals surface area contributed by atoms with Crippen molar-refractivity contribution >= 4 is 25.1 Å². The van der Waals surface area contributed by atoms with Gasteiger partial charge in [-0.05, 0) is 16.7 Å². The minimum Gasteiger partial charge on any atom is -0.479 e. The van der Waals surface area contributed by atoms with Crippen molar-refractivity contribution in [3.05, 3.63) is 114 Å². The molecule has 4 rings (SSSR count). The number of carbonyl (C=O) groups is 2. The topological polar surface area (TPSA) is 76.1 Å². The van der Waals surface area contributed by atoms with Gasteiger partial charge >= 0.3 is 13.1 Å². The first-order valence-electron chi connectivity index (χ1n) is 10.7. The molecular formula is C26H24BNO5. The van der Waals surface area contributed by atoms with Crippen molar-refractivity contribution in [1.29, 1.82) is 0 Å². The summed E-state index contributed by atoms with van der Waals surface area (Å²) in [5, 5.41) is 9.70. The molecule has 0 radical (unpaired) electrons. The maximum Gasteiger partial charge on any atom is 0.487 e. The molecule has 0 spiro atoms. The second kappa shape index (κ2) is 10.8. The zero-order chi connectivity index (χ0) is 23.0. The van der Waals surface area contributed by atoms with Crippen LogP contribution in [0.15, 0.2) is 97.0 Å². The monoisotopic (exact) mass is 441 g/mol. The molecule has 1 heterocycles. The molecule has 0 bridgehead atoms. The van der Waals surface area contributed by atoms with Crippen molar-refractivity contribution in [1.82, 2.24) is 4.90 Å². The van der Waals surface area contributed by atoms with Gasteiger partial charge in [-0.15, -0.1) is 0 Å². The lowest BCUT2D eigenvalue weighted by Gasteiger charge is -2.27. The number of benzene rings is 3. The number of amides is 1. The number of nitrogens with zero attached hydrogens (tertiary/aromatic N) is 1. The molecule has 0 aliphatic carbocycles. The minimum atomic E-state index is -1.39. The maximum atomic E-state index is 13.5. The highest BCUT2D eigenvalue weighted by atomic mass is 16.7. The molecule has 6 nitrogen and oxygen atoms in total. The number of carboxylic acids is 1. The number of hydrogen-bond donors (Lipinski definition) is 1. The third kappa shape index (κ3) is 5.97.